The molecule has 1 heterocycles. The maximum atomic E-state index is 6.08. The van der Waals surface area contributed by atoms with Crippen molar-refractivity contribution in [3.05, 3.63) is 47.2 Å². The Morgan fingerprint density at radius 1 is 1.33 bits per heavy atom. The van der Waals surface area contributed by atoms with Crippen molar-refractivity contribution in [1.82, 2.24) is 4.57 Å². The lowest BCUT2D eigenvalue weighted by Crippen LogP contribution is -2.05. The normalized spacial score (nSPS) is 10.4. The van der Waals surface area contributed by atoms with E-state index in [1.54, 1.807) is 7.11 Å². The van der Waals surface area contributed by atoms with Crippen LogP contribution in [0.1, 0.15) is 12.6 Å². The molecule has 0 saturated carbocycles. The molecule has 0 bridgehead atoms. The lowest BCUT2D eigenvalue weighted by molar-refractivity contribution is 0.415. The van der Waals surface area contributed by atoms with E-state index in [9.17, 15) is 0 Å². The molecule has 0 spiro atoms. The second-order valence-electron chi connectivity index (χ2n) is 3.99. The molecule has 0 fully saturated rings. The molecule has 1 aromatic heterocycles. The number of hydrogen-bond acceptors (Lipinski definition) is 2. The lowest BCUT2D eigenvalue weighted by atomic mass is 10.3. The van der Waals surface area contributed by atoms with Gasteiger partial charge in [0.15, 0.2) is 0 Å². The first-order valence-corrected chi connectivity index (χ1v) is 6.33. The molecule has 0 amide bonds. The van der Waals surface area contributed by atoms with Crippen molar-refractivity contribution in [2.45, 2.75) is 20.0 Å². The highest BCUT2D eigenvalue weighted by atomic mass is 35.5. The van der Waals surface area contributed by atoms with Crippen LogP contribution >= 0.6 is 11.6 Å². The first-order chi connectivity index (χ1) is 8.74. The van der Waals surface area contributed by atoms with Crippen molar-refractivity contribution in [3.63, 3.8) is 0 Å². The third-order valence-electron chi connectivity index (χ3n) is 2.89. The van der Waals surface area contributed by atoms with Gasteiger partial charge in [-0.1, -0.05) is 11.6 Å². The molecule has 1 N–H and O–H groups in total. The standard InChI is InChI=1S/C14H17ClN2O/c1-3-17-8-4-5-12(17)10-16-11-6-7-14(18-2)13(15)9-11/h4-9,16H,3,10H2,1-2H3. The Kier molecular flexibility index (Phi) is 4.15. The highest BCUT2D eigenvalue weighted by Gasteiger charge is 2.03. The Morgan fingerprint density at radius 3 is 2.83 bits per heavy atom. The molecular formula is C14H17ClN2O. The zero-order valence-electron chi connectivity index (χ0n) is 10.6. The number of anilines is 1. The summed E-state index contributed by atoms with van der Waals surface area (Å²) in [5, 5.41) is 3.97. The quantitative estimate of drug-likeness (QED) is 0.889. The first-order valence-electron chi connectivity index (χ1n) is 5.96. The number of nitrogens with one attached hydrogen (secondary N) is 1. The summed E-state index contributed by atoms with van der Waals surface area (Å²) in [6.07, 6.45) is 2.08. The molecule has 96 valence electrons. The van der Waals surface area contributed by atoms with Gasteiger partial charge >= 0.3 is 0 Å². The number of methoxy groups -OCH3 is 1. The number of nitrogens with zero attached hydrogens (tertiary/aromatic N) is 1. The van der Waals surface area contributed by atoms with E-state index >= 15 is 0 Å². The molecule has 0 radical (unpaired) electrons. The maximum absolute atomic E-state index is 6.08. The van der Waals surface area contributed by atoms with Crippen LogP contribution in [-0.4, -0.2) is 11.7 Å². The predicted molar refractivity (Wildman–Crippen MR) is 75.4 cm³/mol. The summed E-state index contributed by atoms with van der Waals surface area (Å²) in [4.78, 5) is 0. The van der Waals surface area contributed by atoms with Gasteiger partial charge in [0.05, 0.1) is 18.7 Å². The molecule has 0 saturated heterocycles. The van der Waals surface area contributed by atoms with E-state index in [2.05, 4.69) is 35.1 Å². The highest BCUT2D eigenvalue weighted by Crippen LogP contribution is 2.27. The smallest absolute Gasteiger partial charge is 0.137 e. The van der Waals surface area contributed by atoms with E-state index in [0.717, 1.165) is 18.8 Å². The average molecular weight is 265 g/mol. The molecule has 3 nitrogen and oxygen atoms in total. The molecular weight excluding hydrogens is 248 g/mol. The van der Waals surface area contributed by atoms with Crippen LogP contribution in [0.3, 0.4) is 0 Å². The maximum Gasteiger partial charge on any atom is 0.137 e. The summed E-state index contributed by atoms with van der Waals surface area (Å²) in [6.45, 7) is 3.89. The summed E-state index contributed by atoms with van der Waals surface area (Å²) in [5.74, 6) is 0.694. The number of halogens is 1. The van der Waals surface area contributed by atoms with E-state index in [-0.39, 0.29) is 0 Å². The fraction of sp³-hybridized carbons (Fsp3) is 0.286. The van der Waals surface area contributed by atoms with E-state index in [4.69, 9.17) is 16.3 Å². The van der Waals surface area contributed by atoms with Gasteiger partial charge in [0.2, 0.25) is 0 Å². The van der Waals surface area contributed by atoms with Crippen molar-refractivity contribution in [2.75, 3.05) is 12.4 Å². The Balaban J connectivity index is 2.04. The monoisotopic (exact) mass is 264 g/mol. The van der Waals surface area contributed by atoms with Gasteiger partial charge in [-0.3, -0.25) is 0 Å². The van der Waals surface area contributed by atoms with Crippen molar-refractivity contribution in [2.24, 2.45) is 0 Å². The van der Waals surface area contributed by atoms with Gasteiger partial charge in [0, 0.05) is 24.1 Å². The largest absolute Gasteiger partial charge is 0.495 e. The molecule has 18 heavy (non-hydrogen) atoms. The van der Waals surface area contributed by atoms with Crippen LogP contribution in [0.4, 0.5) is 5.69 Å². The summed E-state index contributed by atoms with van der Waals surface area (Å²) < 4.78 is 7.33. The zero-order chi connectivity index (χ0) is 13.0. The molecule has 2 rings (SSSR count). The van der Waals surface area contributed by atoms with Gasteiger partial charge in [0.25, 0.3) is 0 Å². The Morgan fingerprint density at radius 2 is 2.17 bits per heavy atom. The third kappa shape index (κ3) is 2.79. The number of rotatable bonds is 5. The molecule has 0 aliphatic heterocycles. The van der Waals surface area contributed by atoms with Crippen LogP contribution in [0.2, 0.25) is 5.02 Å². The lowest BCUT2D eigenvalue weighted by Gasteiger charge is -2.10. The van der Waals surface area contributed by atoms with Crippen LogP contribution in [-0.2, 0) is 13.1 Å². The van der Waals surface area contributed by atoms with Gasteiger partial charge in [-0.15, -0.1) is 0 Å². The second-order valence-corrected chi connectivity index (χ2v) is 4.40. The topological polar surface area (TPSA) is 26.2 Å². The zero-order valence-corrected chi connectivity index (χ0v) is 11.4. The number of aromatic nitrogens is 1. The third-order valence-corrected chi connectivity index (χ3v) is 3.19. The summed E-state index contributed by atoms with van der Waals surface area (Å²) in [5.41, 5.74) is 2.24. The van der Waals surface area contributed by atoms with E-state index in [1.165, 1.54) is 5.69 Å². The predicted octanol–water partition coefficient (Wildman–Crippen LogP) is 3.78. The minimum Gasteiger partial charge on any atom is -0.495 e. The minimum atomic E-state index is 0.619. The number of hydrogen-bond donors (Lipinski definition) is 1. The first kappa shape index (κ1) is 12.8. The Bertz CT molecular complexity index is 522. The number of benzene rings is 1. The van der Waals surface area contributed by atoms with E-state index in [0.29, 0.717) is 10.8 Å². The van der Waals surface area contributed by atoms with Gasteiger partial charge in [-0.25, -0.2) is 0 Å². The van der Waals surface area contributed by atoms with Crippen LogP contribution in [0.5, 0.6) is 5.75 Å². The van der Waals surface area contributed by atoms with Crippen molar-refractivity contribution in [1.29, 1.82) is 0 Å². The number of ether oxygens (including phenoxy) is 1. The van der Waals surface area contributed by atoms with Gasteiger partial charge < -0.3 is 14.6 Å². The van der Waals surface area contributed by atoms with Crippen LogP contribution in [0, 0.1) is 0 Å². The minimum absolute atomic E-state index is 0.619. The van der Waals surface area contributed by atoms with Crippen molar-refractivity contribution in [3.8, 4) is 5.75 Å². The average Bonchev–Trinajstić information content (AvgIpc) is 2.84. The van der Waals surface area contributed by atoms with Crippen molar-refractivity contribution < 1.29 is 4.74 Å². The van der Waals surface area contributed by atoms with Gasteiger partial charge in [-0.05, 0) is 37.3 Å². The van der Waals surface area contributed by atoms with Crippen LogP contribution < -0.4 is 10.1 Å². The van der Waals surface area contributed by atoms with Crippen LogP contribution in [0.25, 0.3) is 0 Å². The second kappa shape index (κ2) is 5.83. The molecule has 2 aromatic rings. The van der Waals surface area contributed by atoms with Crippen molar-refractivity contribution >= 4 is 17.3 Å². The Hall–Kier alpha value is -1.61. The molecule has 1 aromatic carbocycles. The SMILES string of the molecule is CCn1cccc1CNc1ccc(OC)c(Cl)c1. The highest BCUT2D eigenvalue weighted by molar-refractivity contribution is 6.32. The Labute approximate surface area is 112 Å². The summed E-state index contributed by atoms with van der Waals surface area (Å²) >= 11 is 6.08. The molecule has 0 aliphatic carbocycles. The molecule has 0 atom stereocenters. The molecule has 4 heteroatoms. The molecule has 0 unspecified atom stereocenters. The fourth-order valence-corrected chi connectivity index (χ4v) is 2.15. The summed E-state index contributed by atoms with van der Waals surface area (Å²) in [7, 11) is 1.61. The summed E-state index contributed by atoms with van der Waals surface area (Å²) in [6, 6.07) is 9.87. The van der Waals surface area contributed by atoms with Gasteiger partial charge in [0.1, 0.15) is 5.75 Å². The number of aryl methyl sites for hydroxylation is 1. The molecule has 0 aliphatic rings. The fourth-order valence-electron chi connectivity index (χ4n) is 1.89. The van der Waals surface area contributed by atoms with E-state index in [1.807, 2.05) is 18.2 Å². The van der Waals surface area contributed by atoms with E-state index < -0.39 is 0 Å². The van der Waals surface area contributed by atoms with Gasteiger partial charge in [-0.2, -0.15) is 0 Å². The van der Waals surface area contributed by atoms with Crippen LogP contribution in [0.15, 0.2) is 36.5 Å².